The summed E-state index contributed by atoms with van der Waals surface area (Å²) in [7, 11) is 1.35. The zero-order chi connectivity index (χ0) is 26.8. The molecule has 3 aromatic carbocycles. The van der Waals surface area contributed by atoms with Crippen LogP contribution in [-0.2, 0) is 19.5 Å². The van der Waals surface area contributed by atoms with Gasteiger partial charge in [0.25, 0.3) is 5.91 Å². The van der Waals surface area contributed by atoms with Crippen molar-refractivity contribution in [3.8, 4) is 28.1 Å². The quantitative estimate of drug-likeness (QED) is 0.330. The first-order valence-electron chi connectivity index (χ1n) is 12.8. The number of hydrogen-bond donors (Lipinski definition) is 1. The summed E-state index contributed by atoms with van der Waals surface area (Å²) in [5, 5.41) is 10.5. The predicted octanol–water partition coefficient (Wildman–Crippen LogP) is 5.80. The van der Waals surface area contributed by atoms with Crippen LogP contribution in [-0.4, -0.2) is 45.8 Å². The number of rotatable bonds is 6. The summed E-state index contributed by atoms with van der Waals surface area (Å²) in [5.74, 6) is -0.0995. The van der Waals surface area contributed by atoms with Gasteiger partial charge < -0.3 is 14.2 Å². The lowest BCUT2D eigenvalue weighted by Gasteiger charge is -2.23. The molecule has 1 aliphatic rings. The van der Waals surface area contributed by atoms with Crippen LogP contribution < -0.4 is 9.80 Å². The van der Waals surface area contributed by atoms with Crippen LogP contribution in [0.1, 0.15) is 35.3 Å². The monoisotopic (exact) mass is 514 g/mol. The number of anilines is 1. The summed E-state index contributed by atoms with van der Waals surface area (Å²) in [6.07, 6.45) is 4.19. The van der Waals surface area contributed by atoms with Crippen LogP contribution in [0.3, 0.4) is 0 Å². The fourth-order valence-electron chi connectivity index (χ4n) is 4.84. The topological polar surface area (TPSA) is 70.8 Å². The number of amides is 1. The molecule has 0 saturated heterocycles. The number of carbonyl (C=O) groups is 1. The molecule has 8 heteroatoms. The van der Waals surface area contributed by atoms with Crippen molar-refractivity contribution in [2.45, 2.75) is 33.4 Å². The summed E-state index contributed by atoms with van der Waals surface area (Å²) < 4.78 is 23.0. The van der Waals surface area contributed by atoms with Gasteiger partial charge in [-0.2, -0.15) is 0 Å². The summed E-state index contributed by atoms with van der Waals surface area (Å²) in [5.41, 5.74) is 5.57. The number of imidazole rings is 1. The first-order chi connectivity index (χ1) is 18.4. The Labute approximate surface area is 221 Å². The second-order valence-corrected chi connectivity index (χ2v) is 9.37. The Morgan fingerprint density at radius 1 is 1.08 bits per heavy atom. The summed E-state index contributed by atoms with van der Waals surface area (Å²) in [6.45, 7) is 5.83. The third-order valence-electron chi connectivity index (χ3n) is 7.00. The van der Waals surface area contributed by atoms with Gasteiger partial charge in [0.2, 0.25) is 0 Å². The van der Waals surface area contributed by atoms with Gasteiger partial charge in [0.15, 0.2) is 5.82 Å². The third-order valence-corrected chi connectivity index (χ3v) is 7.00. The van der Waals surface area contributed by atoms with Gasteiger partial charge in [0.05, 0.1) is 24.3 Å². The van der Waals surface area contributed by atoms with Gasteiger partial charge >= 0.3 is 0 Å². The minimum atomic E-state index is -0.581. The van der Waals surface area contributed by atoms with Crippen molar-refractivity contribution in [1.82, 2.24) is 14.5 Å². The average Bonchev–Trinajstić information content (AvgIpc) is 3.31. The summed E-state index contributed by atoms with van der Waals surface area (Å²) in [4.78, 5) is 19.7. The van der Waals surface area contributed by atoms with E-state index in [1.165, 1.54) is 13.1 Å². The molecule has 0 unspecified atom stereocenters. The number of fused-ring (bicyclic) bond motifs is 1. The molecule has 196 valence electrons. The van der Waals surface area contributed by atoms with E-state index in [1.807, 2.05) is 35.3 Å². The fourth-order valence-corrected chi connectivity index (χ4v) is 4.84. The second kappa shape index (κ2) is 10.7. The largest absolute Gasteiger partial charge is 0.491 e. The lowest BCUT2D eigenvalue weighted by molar-refractivity contribution is 0.0731. The molecule has 38 heavy (non-hydrogen) atoms. The first kappa shape index (κ1) is 25.5. The Bertz CT molecular complexity index is 1460. The van der Waals surface area contributed by atoms with Gasteiger partial charge in [-0.05, 0) is 48.7 Å². The molecule has 0 spiro atoms. The van der Waals surface area contributed by atoms with E-state index in [0.717, 1.165) is 45.3 Å². The number of aromatic nitrogens is 2. The van der Waals surface area contributed by atoms with E-state index >= 15 is 4.39 Å². The van der Waals surface area contributed by atoms with Gasteiger partial charge in [-0.1, -0.05) is 37.3 Å². The maximum Gasteiger partial charge on any atom is 0.254 e. The van der Waals surface area contributed by atoms with E-state index in [9.17, 15) is 10.0 Å². The molecule has 0 aliphatic carbocycles. The number of hydrogen-bond acceptors (Lipinski definition) is 5. The highest BCUT2D eigenvalue weighted by Crippen LogP contribution is 2.32. The van der Waals surface area contributed by atoms with Crippen LogP contribution in [0.5, 0.6) is 5.75 Å². The highest BCUT2D eigenvalue weighted by atomic mass is 19.1. The first-order valence-corrected chi connectivity index (χ1v) is 12.8. The van der Waals surface area contributed by atoms with Crippen LogP contribution in [0, 0.1) is 5.82 Å². The molecule has 5 rings (SSSR count). The van der Waals surface area contributed by atoms with Crippen molar-refractivity contribution in [1.29, 1.82) is 0 Å². The molecule has 0 atom stereocenters. The van der Waals surface area contributed by atoms with Crippen LogP contribution in [0.2, 0.25) is 0 Å². The molecule has 0 fully saturated rings. The highest BCUT2D eigenvalue weighted by Gasteiger charge is 2.25. The Morgan fingerprint density at radius 2 is 1.82 bits per heavy atom. The Morgan fingerprint density at radius 3 is 2.50 bits per heavy atom. The van der Waals surface area contributed by atoms with Crippen LogP contribution in [0.25, 0.3) is 22.4 Å². The number of ether oxygens (including phenoxy) is 1. The number of hydroxylamine groups is 1. The molecule has 0 saturated carbocycles. The lowest BCUT2D eigenvalue weighted by atomic mass is 9.99. The maximum absolute atomic E-state index is 15.0. The predicted molar refractivity (Wildman–Crippen MR) is 145 cm³/mol. The molecule has 1 N–H and O–H groups in total. The normalized spacial score (nSPS) is 13.0. The van der Waals surface area contributed by atoms with Crippen LogP contribution >= 0.6 is 0 Å². The Balaban J connectivity index is 1.40. The fraction of sp³-hybridized carbons (Fsp3) is 0.267. The molecular weight excluding hydrogens is 483 g/mol. The van der Waals surface area contributed by atoms with E-state index in [2.05, 4.69) is 36.2 Å². The third kappa shape index (κ3) is 4.87. The van der Waals surface area contributed by atoms with E-state index < -0.39 is 5.82 Å². The van der Waals surface area contributed by atoms with Gasteiger partial charge in [-0.15, -0.1) is 0 Å². The van der Waals surface area contributed by atoms with Crippen LogP contribution in [0.4, 0.5) is 10.1 Å². The minimum absolute atomic E-state index is 0.0392. The smallest absolute Gasteiger partial charge is 0.254 e. The van der Waals surface area contributed by atoms with Crippen molar-refractivity contribution in [2.24, 2.45) is 0 Å². The molecule has 2 heterocycles. The number of nitrogens with zero attached hydrogens (tertiary/aromatic N) is 4. The van der Waals surface area contributed by atoms with E-state index in [-0.39, 0.29) is 17.2 Å². The Hall–Kier alpha value is -4.17. The molecule has 1 amide bonds. The maximum atomic E-state index is 15.0. The van der Waals surface area contributed by atoms with Crippen molar-refractivity contribution >= 4 is 11.6 Å². The SMILES string of the molecule is CCc1c(C(=O)N2CCOc3ccc(-c4ccc(-c5cn(CC)cn5)cc4)cc3C2)ccc(N(C)O)c1F. The van der Waals surface area contributed by atoms with E-state index in [4.69, 9.17) is 4.74 Å². The number of aryl methyl sites for hydroxylation is 1. The number of benzene rings is 3. The average molecular weight is 515 g/mol. The molecule has 4 aromatic rings. The molecule has 1 aromatic heterocycles. The van der Waals surface area contributed by atoms with Crippen molar-refractivity contribution in [3.63, 3.8) is 0 Å². The van der Waals surface area contributed by atoms with Gasteiger partial charge in [0.1, 0.15) is 12.4 Å². The minimum Gasteiger partial charge on any atom is -0.491 e. The summed E-state index contributed by atoms with van der Waals surface area (Å²) in [6, 6.07) is 17.3. The van der Waals surface area contributed by atoms with Crippen molar-refractivity contribution < 1.29 is 19.1 Å². The van der Waals surface area contributed by atoms with Gasteiger partial charge in [-0.3, -0.25) is 15.1 Å². The van der Waals surface area contributed by atoms with Gasteiger partial charge in [-0.25, -0.2) is 9.37 Å². The zero-order valence-electron chi connectivity index (χ0n) is 21.8. The number of carbonyl (C=O) groups excluding carboxylic acids is 1. The standard InChI is InChI=1S/C30H31FN4O3/c1-4-24-25(11-12-27(29(24)31)33(3)37)30(36)35-14-15-38-28-13-10-22(16-23(28)17-35)20-6-8-21(9-7-20)26-18-34(5-2)19-32-26/h6-13,16,18-19,37H,4-5,14-15,17H2,1-3H3. The molecule has 1 aliphatic heterocycles. The number of halogens is 1. The molecule has 0 bridgehead atoms. The van der Waals surface area contributed by atoms with Crippen molar-refractivity contribution in [2.75, 3.05) is 25.3 Å². The van der Waals surface area contributed by atoms with Crippen molar-refractivity contribution in [3.05, 3.63) is 89.6 Å². The molecule has 0 radical (unpaired) electrons. The zero-order valence-corrected chi connectivity index (χ0v) is 21.8. The molecular formula is C30H31FN4O3. The Kier molecular flexibility index (Phi) is 7.15. The second-order valence-electron chi connectivity index (χ2n) is 9.37. The lowest BCUT2D eigenvalue weighted by Crippen LogP contribution is -2.33. The van der Waals surface area contributed by atoms with E-state index in [0.29, 0.717) is 31.7 Å². The van der Waals surface area contributed by atoms with E-state index in [1.54, 1.807) is 17.9 Å². The summed E-state index contributed by atoms with van der Waals surface area (Å²) >= 11 is 0. The molecule has 7 nitrogen and oxygen atoms in total. The van der Waals surface area contributed by atoms with Gasteiger partial charge in [0, 0.05) is 48.6 Å². The highest BCUT2D eigenvalue weighted by molar-refractivity contribution is 5.96. The van der Waals surface area contributed by atoms with Crippen LogP contribution in [0.15, 0.2) is 67.1 Å².